The maximum absolute atomic E-state index is 10.7. The molecule has 0 radical (unpaired) electrons. The Hall–Kier alpha value is -3.42. The van der Waals surface area contributed by atoms with Crippen LogP contribution >= 0.6 is 12.6 Å². The molecule has 4 rings (SSSR count). The van der Waals surface area contributed by atoms with Gasteiger partial charge in [-0.25, -0.2) is 8.42 Å². The molecule has 0 heterocycles. The third-order valence-corrected chi connectivity index (χ3v) is 8.96. The summed E-state index contributed by atoms with van der Waals surface area (Å²) in [5.41, 5.74) is -11.6. The van der Waals surface area contributed by atoms with Crippen LogP contribution in [0.25, 0.3) is 0 Å². The van der Waals surface area contributed by atoms with Gasteiger partial charge in [0.2, 0.25) is 0 Å². The zero-order chi connectivity index (χ0) is 40.2. The van der Waals surface area contributed by atoms with Gasteiger partial charge >= 0.3 is 21.1 Å². The third kappa shape index (κ3) is 18.4. The van der Waals surface area contributed by atoms with Crippen molar-refractivity contribution in [3.05, 3.63) is 109 Å². The Morgan fingerprint density at radius 2 is 0.827 bits per heavy atom. The minimum absolute atomic E-state index is 0.189. The molecule has 0 aliphatic carbocycles. The van der Waals surface area contributed by atoms with E-state index in [0.29, 0.717) is 0 Å². The van der Waals surface area contributed by atoms with E-state index in [4.69, 9.17) is 35.4 Å². The molecule has 0 aromatic heterocycles. The molecule has 0 saturated heterocycles. The van der Waals surface area contributed by atoms with Crippen LogP contribution in [-0.2, 0) is 31.1 Å². The Labute approximate surface area is 308 Å². The quantitative estimate of drug-likeness (QED) is 0.0670. The molecule has 8 nitrogen and oxygen atoms in total. The molecule has 1 N–H and O–H groups in total. The molecule has 288 valence electrons. The minimum Gasteiger partial charge on any atom is -0.741 e. The highest BCUT2D eigenvalue weighted by Crippen LogP contribution is 2.34. The molecule has 0 aliphatic rings. The zero-order valence-electron chi connectivity index (χ0n) is 28.6. The fraction of sp³-hybridized carbons (Fsp3) is 0.294. The van der Waals surface area contributed by atoms with Gasteiger partial charge in [-0.15, -0.1) is 12.6 Å². The van der Waals surface area contributed by atoms with Crippen molar-refractivity contribution in [2.45, 2.75) is 83.3 Å². The molecule has 52 heavy (non-hydrogen) atoms. The van der Waals surface area contributed by atoms with Crippen molar-refractivity contribution >= 4 is 43.8 Å². The largest absolute Gasteiger partial charge is 0.741 e. The van der Waals surface area contributed by atoms with Gasteiger partial charge in [0.25, 0.3) is 0 Å². The summed E-state index contributed by atoms with van der Waals surface area (Å²) in [6.07, 6.45) is 0. The number of benzene rings is 4. The van der Waals surface area contributed by atoms with Crippen LogP contribution in [0.15, 0.2) is 129 Å². The summed E-state index contributed by atoms with van der Waals surface area (Å²) in [4.78, 5) is 4.84. The van der Waals surface area contributed by atoms with Gasteiger partial charge in [-0.05, 0) is 114 Å². The molecule has 0 unspecified atom stereocenters. The first kappa shape index (κ1) is 46.6. The maximum Gasteiger partial charge on any atom is 0.522 e. The molecule has 0 bridgehead atoms. The van der Waals surface area contributed by atoms with Gasteiger partial charge in [0.15, 0.2) is 24.8 Å². The van der Waals surface area contributed by atoms with E-state index < -0.39 is 31.3 Å². The van der Waals surface area contributed by atoms with Crippen molar-refractivity contribution in [1.29, 1.82) is 0 Å². The van der Waals surface area contributed by atoms with E-state index in [2.05, 4.69) is 133 Å². The lowest BCUT2D eigenvalue weighted by Crippen LogP contribution is -2.23. The summed E-state index contributed by atoms with van der Waals surface area (Å²) in [6, 6.07) is 37.4. The number of rotatable bonds is 5. The summed E-state index contributed by atoms with van der Waals surface area (Å²) >= 11 is 4.08. The first-order valence-corrected chi connectivity index (χ1v) is 19.2. The first-order chi connectivity index (χ1) is 23.5. The molecule has 0 aliphatic heterocycles. The Morgan fingerprint density at radius 3 is 1.04 bits per heavy atom. The fourth-order valence-corrected chi connectivity index (χ4v) is 5.62. The number of thiol groups is 1. The van der Waals surface area contributed by atoms with Crippen LogP contribution in [-0.4, -0.2) is 48.2 Å². The lowest BCUT2D eigenvalue weighted by Gasteiger charge is -2.21. The van der Waals surface area contributed by atoms with Crippen LogP contribution in [0.2, 0.25) is 0 Å². The number of hydrogen-bond acceptors (Lipinski definition) is 8. The number of halogens is 6. The van der Waals surface area contributed by atoms with E-state index in [1.54, 1.807) is 0 Å². The zero-order valence-corrected chi connectivity index (χ0v) is 32.0. The monoisotopic (exact) mass is 816 g/mol. The summed E-state index contributed by atoms with van der Waals surface area (Å²) in [5, 5.41) is 0. The van der Waals surface area contributed by atoms with Gasteiger partial charge in [0.1, 0.15) is 22.7 Å². The highest BCUT2D eigenvalue weighted by atomic mass is 32.2. The number of hydrogen-bond donors (Lipinski definition) is 2. The third-order valence-electron chi connectivity index (χ3n) is 5.28. The van der Waals surface area contributed by atoms with E-state index in [0.717, 1.165) is 16.4 Å². The van der Waals surface area contributed by atoms with Gasteiger partial charge in [-0.1, -0.05) is 36.4 Å². The first-order valence-electron chi connectivity index (χ1n) is 14.7. The van der Waals surface area contributed by atoms with E-state index in [1.807, 2.05) is 30.3 Å². The van der Waals surface area contributed by atoms with Crippen LogP contribution in [0, 0.1) is 0 Å². The van der Waals surface area contributed by atoms with E-state index in [9.17, 15) is 26.3 Å². The Bertz CT molecular complexity index is 1760. The van der Waals surface area contributed by atoms with Crippen LogP contribution in [0.5, 0.6) is 11.5 Å². The highest BCUT2D eigenvalue weighted by Gasteiger charge is 2.44. The van der Waals surface area contributed by atoms with Crippen molar-refractivity contribution in [2.24, 2.45) is 0 Å². The van der Waals surface area contributed by atoms with Crippen LogP contribution in [0.4, 0.5) is 26.3 Å². The molecule has 4 aromatic rings. The molecule has 0 atom stereocenters. The predicted molar refractivity (Wildman–Crippen MR) is 189 cm³/mol. The highest BCUT2D eigenvalue weighted by molar-refractivity contribution is 7.97. The molecular weight excluding hydrogens is 779 g/mol. The normalized spacial score (nSPS) is 12.2. The number of ether oxygens (including phenoxy) is 2. The molecule has 4 aromatic carbocycles. The second kappa shape index (κ2) is 19.1. The fourth-order valence-electron chi connectivity index (χ4n) is 3.39. The van der Waals surface area contributed by atoms with Crippen molar-refractivity contribution in [1.82, 2.24) is 0 Å². The molecule has 0 spiro atoms. The smallest absolute Gasteiger partial charge is 0.522 e. The second-order valence-corrected chi connectivity index (χ2v) is 17.5. The second-order valence-electron chi connectivity index (χ2n) is 12.1. The maximum atomic E-state index is 10.7. The van der Waals surface area contributed by atoms with Crippen LogP contribution in [0.3, 0.4) is 0 Å². The molecule has 0 fully saturated rings. The van der Waals surface area contributed by atoms with Gasteiger partial charge in [-0.2, -0.15) is 34.8 Å². The van der Waals surface area contributed by atoms with Crippen molar-refractivity contribution in [2.75, 3.05) is 0 Å². The van der Waals surface area contributed by atoms with E-state index >= 15 is 0 Å². The summed E-state index contributed by atoms with van der Waals surface area (Å²) < 4.78 is 128. The molecular formula is C34H38F6O8S4. The Balaban J connectivity index is 0.000000474. The van der Waals surface area contributed by atoms with Gasteiger partial charge in [0.05, 0.1) is 10.9 Å². The lowest BCUT2D eigenvalue weighted by molar-refractivity contribution is -0.0519. The predicted octanol–water partition coefficient (Wildman–Crippen LogP) is 9.56. The summed E-state index contributed by atoms with van der Waals surface area (Å²) in [6.45, 7) is 12.4. The molecule has 0 amide bonds. The van der Waals surface area contributed by atoms with Gasteiger partial charge in [0, 0.05) is 4.90 Å². The standard InChI is InChI=1S/C26H31O2S.C6H6S.2CHF3O3S/c1-25(2,3)27-20-12-16-23(17-13-20)29(22-10-8-7-9-11-22)24-18-14-21(15-19-24)28-26(4,5)6;7-6-4-2-1-3-5-6;2*2-1(3,4)8(5,6)7/h7-19H,1-6H3;1-5,7H;2*(H,5,6,7)/q+1;;;/p-1. The number of alkyl halides is 6. The Morgan fingerprint density at radius 1 is 0.558 bits per heavy atom. The average molecular weight is 817 g/mol. The molecule has 0 saturated carbocycles. The Kier molecular flexibility index (Phi) is 17.1. The minimum atomic E-state index is -6.09. The van der Waals surface area contributed by atoms with E-state index in [-0.39, 0.29) is 22.1 Å². The average Bonchev–Trinajstić information content (AvgIpc) is 2.97. The van der Waals surface area contributed by atoms with Gasteiger partial charge < -0.3 is 14.0 Å². The molecule has 18 heteroatoms. The summed E-state index contributed by atoms with van der Waals surface area (Å²) in [5.74, 6) is 1.79. The topological polar surface area (TPSA) is 130 Å². The van der Waals surface area contributed by atoms with Crippen LogP contribution < -0.4 is 9.47 Å². The van der Waals surface area contributed by atoms with E-state index in [1.165, 1.54) is 14.7 Å². The lowest BCUT2D eigenvalue weighted by atomic mass is 10.2. The summed E-state index contributed by atoms with van der Waals surface area (Å²) in [7, 11) is -12.1. The van der Waals surface area contributed by atoms with Crippen molar-refractivity contribution in [3.8, 4) is 11.5 Å². The van der Waals surface area contributed by atoms with Crippen molar-refractivity contribution < 1.29 is 61.8 Å². The van der Waals surface area contributed by atoms with Gasteiger partial charge in [-0.3, -0.25) is 4.55 Å². The SMILES string of the molecule is CC(C)(C)Oc1ccc([S+](c2ccccc2)c2ccc(OC(C)(C)C)cc2)cc1.O=S(=O)(O)C(F)(F)F.O=S(=O)([O-])C(F)(F)F.Sc1ccccc1. The van der Waals surface area contributed by atoms with Crippen molar-refractivity contribution in [3.63, 3.8) is 0 Å². The van der Waals surface area contributed by atoms with Crippen LogP contribution in [0.1, 0.15) is 41.5 Å².